The van der Waals surface area contributed by atoms with E-state index in [2.05, 4.69) is 10.3 Å². The van der Waals surface area contributed by atoms with Crippen LogP contribution in [0.2, 0.25) is 0 Å². The second kappa shape index (κ2) is 9.66. The molecule has 6 nitrogen and oxygen atoms in total. The SMILES string of the molecule is COc1cccc(CN(Cc2cccc(C(F)(F)F)c2)Cc2nc(C(=O)NC3CC3)co2)c1. The van der Waals surface area contributed by atoms with Crippen LogP contribution in [0.25, 0.3) is 0 Å². The number of ether oxygens (including phenoxy) is 1. The number of rotatable bonds is 9. The van der Waals surface area contributed by atoms with Crippen LogP contribution in [0.3, 0.4) is 0 Å². The Kier molecular flexibility index (Phi) is 6.69. The van der Waals surface area contributed by atoms with Gasteiger partial charge in [-0.05, 0) is 42.2 Å². The minimum absolute atomic E-state index is 0.192. The van der Waals surface area contributed by atoms with E-state index in [-0.39, 0.29) is 30.7 Å². The number of methoxy groups -OCH3 is 1. The molecule has 1 saturated carbocycles. The Hall–Kier alpha value is -3.33. The van der Waals surface area contributed by atoms with Crippen molar-refractivity contribution in [2.75, 3.05) is 7.11 Å². The summed E-state index contributed by atoms with van der Waals surface area (Å²) in [6.45, 7) is 0.858. The fraction of sp³-hybridized carbons (Fsp3) is 0.333. The second-order valence-electron chi connectivity index (χ2n) is 8.07. The number of hydrogen-bond donors (Lipinski definition) is 1. The Morgan fingerprint density at radius 3 is 2.48 bits per heavy atom. The smallest absolute Gasteiger partial charge is 0.416 e. The molecule has 0 spiro atoms. The van der Waals surface area contributed by atoms with E-state index < -0.39 is 11.7 Å². The van der Waals surface area contributed by atoms with E-state index in [0.29, 0.717) is 23.7 Å². The Bertz CT molecular complexity index is 1110. The molecule has 0 atom stereocenters. The second-order valence-corrected chi connectivity index (χ2v) is 8.07. The van der Waals surface area contributed by atoms with Gasteiger partial charge in [-0.1, -0.05) is 30.3 Å². The molecular weight excluding hydrogens is 435 g/mol. The minimum atomic E-state index is -4.42. The van der Waals surface area contributed by atoms with E-state index in [1.165, 1.54) is 12.3 Å². The van der Waals surface area contributed by atoms with Gasteiger partial charge in [0.2, 0.25) is 5.89 Å². The Morgan fingerprint density at radius 1 is 1.12 bits per heavy atom. The largest absolute Gasteiger partial charge is 0.497 e. The molecule has 0 saturated heterocycles. The third-order valence-electron chi connectivity index (χ3n) is 5.26. The number of benzene rings is 2. The van der Waals surface area contributed by atoms with Crippen molar-refractivity contribution in [3.63, 3.8) is 0 Å². The van der Waals surface area contributed by atoms with Gasteiger partial charge in [0.1, 0.15) is 12.0 Å². The van der Waals surface area contributed by atoms with E-state index >= 15 is 0 Å². The topological polar surface area (TPSA) is 67.6 Å². The molecule has 1 aliphatic rings. The van der Waals surface area contributed by atoms with E-state index in [9.17, 15) is 18.0 Å². The number of amides is 1. The number of oxazole rings is 1. The summed E-state index contributed by atoms with van der Waals surface area (Å²) in [5, 5.41) is 2.85. The maximum Gasteiger partial charge on any atom is 0.416 e. The first-order valence-electron chi connectivity index (χ1n) is 10.6. The average Bonchev–Trinajstić information content (AvgIpc) is 3.47. The summed E-state index contributed by atoms with van der Waals surface area (Å²) in [5.41, 5.74) is 0.916. The first-order chi connectivity index (χ1) is 15.8. The van der Waals surface area contributed by atoms with Crippen LogP contribution in [0.5, 0.6) is 5.75 Å². The summed E-state index contributed by atoms with van der Waals surface area (Å²) in [4.78, 5) is 18.4. The third kappa shape index (κ3) is 6.35. The van der Waals surface area contributed by atoms with Gasteiger partial charge in [0, 0.05) is 19.1 Å². The van der Waals surface area contributed by atoms with Gasteiger partial charge in [0.15, 0.2) is 5.69 Å². The maximum absolute atomic E-state index is 13.2. The highest BCUT2D eigenvalue weighted by Gasteiger charge is 2.30. The summed E-state index contributed by atoms with van der Waals surface area (Å²) in [5.74, 6) is 0.706. The lowest BCUT2D eigenvalue weighted by atomic mass is 10.1. The number of hydrogen-bond acceptors (Lipinski definition) is 5. The number of carbonyl (C=O) groups is 1. The Labute approximate surface area is 189 Å². The normalized spacial score (nSPS) is 13.8. The van der Waals surface area contributed by atoms with Crippen LogP contribution >= 0.6 is 0 Å². The van der Waals surface area contributed by atoms with Crippen molar-refractivity contribution in [3.8, 4) is 5.75 Å². The summed E-state index contributed by atoms with van der Waals surface area (Å²) in [6, 6.07) is 12.9. The van der Waals surface area contributed by atoms with Crippen molar-refractivity contribution in [1.29, 1.82) is 0 Å². The van der Waals surface area contributed by atoms with Crippen molar-refractivity contribution in [1.82, 2.24) is 15.2 Å². The lowest BCUT2D eigenvalue weighted by Crippen LogP contribution is -2.26. The summed E-state index contributed by atoms with van der Waals surface area (Å²) >= 11 is 0. The van der Waals surface area contributed by atoms with Gasteiger partial charge in [-0.25, -0.2) is 4.98 Å². The molecule has 0 aliphatic heterocycles. The number of aromatic nitrogens is 1. The highest BCUT2D eigenvalue weighted by atomic mass is 19.4. The molecule has 4 rings (SSSR count). The van der Waals surface area contributed by atoms with E-state index in [1.54, 1.807) is 13.2 Å². The zero-order valence-electron chi connectivity index (χ0n) is 18.1. The molecular formula is C24H24F3N3O3. The quantitative estimate of drug-likeness (QED) is 0.498. The van der Waals surface area contributed by atoms with Crippen LogP contribution in [-0.4, -0.2) is 28.9 Å². The summed E-state index contributed by atoms with van der Waals surface area (Å²) in [6.07, 6.45) is -1.19. The molecule has 1 N–H and O–H groups in total. The number of carbonyl (C=O) groups excluding carboxylic acids is 1. The maximum atomic E-state index is 13.2. The average molecular weight is 459 g/mol. The predicted octanol–water partition coefficient (Wildman–Crippen LogP) is 4.80. The zero-order chi connectivity index (χ0) is 23.4. The van der Waals surface area contributed by atoms with Crippen LogP contribution in [0.15, 0.2) is 59.2 Å². The molecule has 1 aromatic heterocycles. The highest BCUT2D eigenvalue weighted by Crippen LogP contribution is 2.30. The monoisotopic (exact) mass is 459 g/mol. The van der Waals surface area contributed by atoms with Crippen LogP contribution in [-0.2, 0) is 25.8 Å². The molecule has 174 valence electrons. The lowest BCUT2D eigenvalue weighted by molar-refractivity contribution is -0.137. The van der Waals surface area contributed by atoms with Crippen LogP contribution < -0.4 is 10.1 Å². The van der Waals surface area contributed by atoms with Gasteiger partial charge in [0.25, 0.3) is 5.91 Å². The third-order valence-corrected chi connectivity index (χ3v) is 5.26. The van der Waals surface area contributed by atoms with E-state index in [0.717, 1.165) is 30.5 Å². The number of halogens is 3. The van der Waals surface area contributed by atoms with Gasteiger partial charge in [0.05, 0.1) is 19.2 Å². The van der Waals surface area contributed by atoms with Crippen LogP contribution in [0, 0.1) is 0 Å². The molecule has 1 aliphatic carbocycles. The Morgan fingerprint density at radius 2 is 1.82 bits per heavy atom. The first kappa shape index (κ1) is 22.8. The van der Waals surface area contributed by atoms with Gasteiger partial charge in [-0.2, -0.15) is 13.2 Å². The van der Waals surface area contributed by atoms with Gasteiger partial charge in [-0.3, -0.25) is 9.69 Å². The summed E-state index contributed by atoms with van der Waals surface area (Å²) in [7, 11) is 1.57. The lowest BCUT2D eigenvalue weighted by Gasteiger charge is -2.22. The van der Waals surface area contributed by atoms with E-state index in [4.69, 9.17) is 9.15 Å². The van der Waals surface area contributed by atoms with Crippen molar-refractivity contribution < 1.29 is 27.1 Å². The standard InChI is InChI=1S/C24H24F3N3O3/c1-32-20-7-3-5-17(11-20)13-30(12-16-4-2-6-18(10-16)24(25,26)27)14-22-29-21(15-33-22)23(31)28-19-8-9-19/h2-7,10-11,15,19H,8-9,12-14H2,1H3,(H,28,31). The Balaban J connectivity index is 1.53. The van der Waals surface area contributed by atoms with Crippen molar-refractivity contribution in [3.05, 3.63) is 83.1 Å². The van der Waals surface area contributed by atoms with Gasteiger partial charge < -0.3 is 14.5 Å². The number of alkyl halides is 3. The van der Waals surface area contributed by atoms with Crippen molar-refractivity contribution >= 4 is 5.91 Å². The fourth-order valence-corrected chi connectivity index (χ4v) is 3.47. The molecule has 1 heterocycles. The minimum Gasteiger partial charge on any atom is -0.497 e. The van der Waals surface area contributed by atoms with Crippen molar-refractivity contribution in [2.24, 2.45) is 0 Å². The van der Waals surface area contributed by atoms with Crippen molar-refractivity contribution in [2.45, 2.75) is 44.7 Å². The molecule has 0 unspecified atom stereocenters. The molecule has 9 heteroatoms. The molecule has 0 bridgehead atoms. The van der Waals surface area contributed by atoms with Crippen LogP contribution in [0.1, 0.15) is 45.9 Å². The van der Waals surface area contributed by atoms with Gasteiger partial charge in [-0.15, -0.1) is 0 Å². The molecule has 0 radical (unpaired) electrons. The number of nitrogens with one attached hydrogen (secondary N) is 1. The molecule has 1 fully saturated rings. The molecule has 33 heavy (non-hydrogen) atoms. The zero-order valence-corrected chi connectivity index (χ0v) is 18.1. The molecule has 3 aromatic rings. The van der Waals surface area contributed by atoms with Gasteiger partial charge >= 0.3 is 6.18 Å². The molecule has 2 aromatic carbocycles. The first-order valence-corrected chi connectivity index (χ1v) is 10.6. The predicted molar refractivity (Wildman–Crippen MR) is 114 cm³/mol. The summed E-state index contributed by atoms with van der Waals surface area (Å²) < 4.78 is 50.3. The highest BCUT2D eigenvalue weighted by molar-refractivity contribution is 5.92. The number of nitrogens with zero attached hydrogens (tertiary/aromatic N) is 2. The van der Waals surface area contributed by atoms with E-state index in [1.807, 2.05) is 29.2 Å². The molecule has 1 amide bonds. The fourth-order valence-electron chi connectivity index (χ4n) is 3.47. The van der Waals surface area contributed by atoms with Crippen LogP contribution in [0.4, 0.5) is 13.2 Å².